The predicted molar refractivity (Wildman–Crippen MR) is 141 cm³/mol. The van der Waals surface area contributed by atoms with Crippen LogP contribution in [0.15, 0.2) is 78.9 Å². The molecule has 8 nitrogen and oxygen atoms in total. The summed E-state index contributed by atoms with van der Waals surface area (Å²) < 4.78 is 10.4. The van der Waals surface area contributed by atoms with Gasteiger partial charge in [0.25, 0.3) is 0 Å². The first-order valence-electron chi connectivity index (χ1n) is 11.8. The summed E-state index contributed by atoms with van der Waals surface area (Å²) in [6.07, 6.45) is -2.38. The minimum absolute atomic E-state index is 0.167. The van der Waals surface area contributed by atoms with Crippen molar-refractivity contribution in [2.75, 3.05) is 5.32 Å². The molecule has 196 valence electrons. The molecule has 38 heavy (non-hydrogen) atoms. The smallest absolute Gasteiger partial charge is 0.338 e. The van der Waals surface area contributed by atoms with E-state index < -0.39 is 35.8 Å². The van der Waals surface area contributed by atoms with Crippen LogP contribution in [0.5, 0.6) is 0 Å². The Hall–Kier alpha value is -4.30. The molecule has 0 spiro atoms. The van der Waals surface area contributed by atoms with E-state index in [-0.39, 0.29) is 24.2 Å². The minimum Gasteiger partial charge on any atom is -0.454 e. The van der Waals surface area contributed by atoms with Gasteiger partial charge in [-0.15, -0.1) is 0 Å². The number of rotatable bonds is 11. The lowest BCUT2D eigenvalue weighted by molar-refractivity contribution is -0.147. The fourth-order valence-electron chi connectivity index (χ4n) is 3.43. The number of halogens is 1. The van der Waals surface area contributed by atoms with Crippen LogP contribution in [0.2, 0.25) is 5.02 Å². The number of carbonyl (C=O) groups is 5. The van der Waals surface area contributed by atoms with Gasteiger partial charge in [0.05, 0.1) is 12.0 Å². The largest absolute Gasteiger partial charge is 0.454 e. The molecule has 0 saturated carbocycles. The van der Waals surface area contributed by atoms with Crippen LogP contribution in [-0.4, -0.2) is 41.6 Å². The van der Waals surface area contributed by atoms with Gasteiger partial charge in [0.2, 0.25) is 17.5 Å². The molecule has 0 aliphatic carbocycles. The number of ketones is 2. The van der Waals surface area contributed by atoms with Gasteiger partial charge in [-0.2, -0.15) is 0 Å². The quantitative estimate of drug-likeness (QED) is 0.261. The summed E-state index contributed by atoms with van der Waals surface area (Å²) in [6.45, 7) is 2.95. The summed E-state index contributed by atoms with van der Waals surface area (Å²) in [7, 11) is 0. The maximum absolute atomic E-state index is 12.4. The van der Waals surface area contributed by atoms with Gasteiger partial charge >= 0.3 is 11.9 Å². The van der Waals surface area contributed by atoms with E-state index in [4.69, 9.17) is 21.1 Å². The fourth-order valence-corrected chi connectivity index (χ4v) is 3.62. The van der Waals surface area contributed by atoms with Crippen LogP contribution in [-0.2, 0) is 19.1 Å². The molecule has 0 fully saturated rings. The third-order valence-corrected chi connectivity index (χ3v) is 5.69. The Morgan fingerprint density at radius 3 is 1.97 bits per heavy atom. The number of carbonyl (C=O) groups excluding carboxylic acids is 5. The maximum atomic E-state index is 12.4. The third kappa shape index (κ3) is 8.11. The average molecular weight is 536 g/mol. The summed E-state index contributed by atoms with van der Waals surface area (Å²) in [5.74, 6) is -2.54. The number of hydrogen-bond donors (Lipinski definition) is 1. The van der Waals surface area contributed by atoms with Crippen molar-refractivity contribution in [3.63, 3.8) is 0 Å². The van der Waals surface area contributed by atoms with E-state index in [0.717, 1.165) is 0 Å². The SMILES string of the molecule is C[C@H](OC(=O)CCC(=O)Nc1ccc(C(=O)O[C@@H](C)C(=O)c2ccccc2)cc1)C(=O)c1cccc(Cl)c1. The minimum atomic E-state index is -1.03. The van der Waals surface area contributed by atoms with E-state index in [9.17, 15) is 24.0 Å². The number of esters is 2. The number of ether oxygens (including phenoxy) is 2. The Bertz CT molecular complexity index is 1320. The van der Waals surface area contributed by atoms with Crippen LogP contribution in [0.1, 0.15) is 57.8 Å². The third-order valence-electron chi connectivity index (χ3n) is 5.46. The molecule has 2 atom stereocenters. The lowest BCUT2D eigenvalue weighted by atomic mass is 10.1. The summed E-state index contributed by atoms with van der Waals surface area (Å²) in [4.78, 5) is 61.5. The van der Waals surface area contributed by atoms with Gasteiger partial charge in [-0.05, 0) is 50.2 Å². The monoisotopic (exact) mass is 535 g/mol. The molecule has 0 radical (unpaired) electrons. The van der Waals surface area contributed by atoms with E-state index in [0.29, 0.717) is 21.8 Å². The molecule has 0 aliphatic heterocycles. The highest BCUT2D eigenvalue weighted by atomic mass is 35.5. The highest BCUT2D eigenvalue weighted by Gasteiger charge is 2.21. The molecule has 9 heteroatoms. The molecule has 0 aromatic heterocycles. The van der Waals surface area contributed by atoms with Gasteiger partial charge < -0.3 is 14.8 Å². The van der Waals surface area contributed by atoms with Crippen molar-refractivity contribution in [2.24, 2.45) is 0 Å². The van der Waals surface area contributed by atoms with Crippen LogP contribution in [0.3, 0.4) is 0 Å². The zero-order valence-corrected chi connectivity index (χ0v) is 21.6. The van der Waals surface area contributed by atoms with Crippen molar-refractivity contribution >= 4 is 46.7 Å². The summed E-state index contributed by atoms with van der Waals surface area (Å²) in [5.41, 5.74) is 1.37. The Morgan fingerprint density at radius 1 is 0.711 bits per heavy atom. The second kappa shape index (κ2) is 13.3. The Balaban J connectivity index is 1.44. The van der Waals surface area contributed by atoms with Crippen molar-refractivity contribution in [3.8, 4) is 0 Å². The first kappa shape index (κ1) is 28.3. The number of amides is 1. The van der Waals surface area contributed by atoms with Gasteiger partial charge in [0.15, 0.2) is 12.2 Å². The number of benzene rings is 3. The van der Waals surface area contributed by atoms with Gasteiger partial charge in [-0.3, -0.25) is 19.2 Å². The molecule has 0 aliphatic rings. The summed E-state index contributed by atoms with van der Waals surface area (Å²) in [6, 6.07) is 20.7. The van der Waals surface area contributed by atoms with Crippen LogP contribution in [0, 0.1) is 0 Å². The number of Topliss-reactive ketones (excluding diaryl/α,β-unsaturated/α-hetero) is 2. The predicted octanol–water partition coefficient (Wildman–Crippen LogP) is 5.30. The first-order chi connectivity index (χ1) is 18.1. The average Bonchev–Trinajstić information content (AvgIpc) is 2.91. The molecule has 0 bridgehead atoms. The van der Waals surface area contributed by atoms with Gasteiger partial charge in [-0.25, -0.2) is 4.79 Å². The topological polar surface area (TPSA) is 116 Å². The molecule has 1 N–H and O–H groups in total. The molecule has 0 unspecified atom stereocenters. The summed E-state index contributed by atoms with van der Waals surface area (Å²) in [5, 5.41) is 3.01. The van der Waals surface area contributed by atoms with E-state index in [2.05, 4.69) is 5.32 Å². The standard InChI is InChI=1S/C29H26ClNO7/c1-18(28(35)22-9-6-10-23(30)17-22)37-26(33)16-15-25(32)31-24-13-11-21(12-14-24)29(36)38-19(2)27(34)20-7-4-3-5-8-20/h3-14,17-19H,15-16H2,1-2H3,(H,31,32)/t18-,19-/m0/s1. The molecule has 3 aromatic carbocycles. The Labute approximate surface area is 224 Å². The van der Waals surface area contributed by atoms with Crippen LogP contribution < -0.4 is 5.32 Å². The number of nitrogens with one attached hydrogen (secondary N) is 1. The zero-order valence-electron chi connectivity index (χ0n) is 20.8. The van der Waals surface area contributed by atoms with Crippen molar-refractivity contribution in [1.29, 1.82) is 0 Å². The summed E-state index contributed by atoms with van der Waals surface area (Å²) >= 11 is 5.89. The van der Waals surface area contributed by atoms with Crippen molar-refractivity contribution < 1.29 is 33.4 Å². The lowest BCUT2D eigenvalue weighted by Crippen LogP contribution is -2.25. The molecule has 3 aromatic rings. The van der Waals surface area contributed by atoms with E-state index >= 15 is 0 Å². The first-order valence-corrected chi connectivity index (χ1v) is 12.2. The maximum Gasteiger partial charge on any atom is 0.338 e. The van der Waals surface area contributed by atoms with E-state index in [1.165, 1.54) is 44.2 Å². The lowest BCUT2D eigenvalue weighted by Gasteiger charge is -2.13. The molecule has 3 rings (SSSR count). The van der Waals surface area contributed by atoms with Crippen molar-refractivity contribution in [1.82, 2.24) is 0 Å². The van der Waals surface area contributed by atoms with E-state index in [1.54, 1.807) is 48.5 Å². The molecule has 0 heterocycles. The van der Waals surface area contributed by atoms with Crippen LogP contribution in [0.25, 0.3) is 0 Å². The zero-order chi connectivity index (χ0) is 27.7. The van der Waals surface area contributed by atoms with Gasteiger partial charge in [-0.1, -0.05) is 54.1 Å². The Morgan fingerprint density at radius 2 is 1.32 bits per heavy atom. The van der Waals surface area contributed by atoms with Gasteiger partial charge in [0, 0.05) is 28.3 Å². The van der Waals surface area contributed by atoms with Crippen LogP contribution in [0.4, 0.5) is 5.69 Å². The molecule has 0 saturated heterocycles. The molecular formula is C29H26ClNO7. The van der Waals surface area contributed by atoms with Crippen LogP contribution >= 0.6 is 11.6 Å². The second-order valence-electron chi connectivity index (χ2n) is 8.41. The van der Waals surface area contributed by atoms with Gasteiger partial charge in [0.1, 0.15) is 0 Å². The number of anilines is 1. The van der Waals surface area contributed by atoms with Crippen molar-refractivity contribution in [3.05, 3.63) is 101 Å². The Kier molecular flexibility index (Phi) is 9.90. The normalized spacial score (nSPS) is 12.1. The second-order valence-corrected chi connectivity index (χ2v) is 8.85. The van der Waals surface area contributed by atoms with Crippen molar-refractivity contribution in [2.45, 2.75) is 38.9 Å². The fraction of sp³-hybridized carbons (Fsp3) is 0.207. The molecular weight excluding hydrogens is 510 g/mol. The number of hydrogen-bond acceptors (Lipinski definition) is 7. The molecule has 1 amide bonds. The highest BCUT2D eigenvalue weighted by molar-refractivity contribution is 6.31. The highest BCUT2D eigenvalue weighted by Crippen LogP contribution is 2.16. The van der Waals surface area contributed by atoms with E-state index in [1.807, 2.05) is 0 Å².